The number of aryl methyl sites for hydroxylation is 1. The lowest BCUT2D eigenvalue weighted by Gasteiger charge is -2.12. The van der Waals surface area contributed by atoms with Crippen LogP contribution in [0, 0.1) is 0 Å². The van der Waals surface area contributed by atoms with Crippen molar-refractivity contribution in [2.75, 3.05) is 5.32 Å². The van der Waals surface area contributed by atoms with Crippen molar-refractivity contribution in [2.24, 2.45) is 7.05 Å². The Labute approximate surface area is 192 Å². The van der Waals surface area contributed by atoms with E-state index in [1.165, 1.54) is 37.4 Å². The average molecular weight is 510 g/mol. The van der Waals surface area contributed by atoms with Crippen molar-refractivity contribution in [1.29, 1.82) is 0 Å². The molecule has 0 bridgehead atoms. The predicted molar refractivity (Wildman–Crippen MR) is 109 cm³/mol. The zero-order valence-electron chi connectivity index (χ0n) is 16.6. The summed E-state index contributed by atoms with van der Waals surface area (Å²) in [6.45, 7) is -0.816. The second kappa shape index (κ2) is 9.56. The van der Waals surface area contributed by atoms with Crippen LogP contribution < -0.4 is 5.32 Å². The molecule has 0 aliphatic rings. The van der Waals surface area contributed by atoms with Crippen LogP contribution in [0.15, 0.2) is 58.5 Å². The number of hydrogen-bond donors (Lipinski definition) is 1. The fraction of sp³-hybridized carbons (Fsp3) is 0.200. The Morgan fingerprint density at radius 3 is 2.36 bits per heavy atom. The third kappa shape index (κ3) is 6.35. The molecule has 5 nitrogen and oxygen atoms in total. The van der Waals surface area contributed by atoms with Gasteiger partial charge in [0.25, 0.3) is 0 Å². The SMILES string of the molecule is Cn1nc(C(F)(F)F)c(COC(=O)Nc2ccc(Cl)cc2)c1Sc1cccc(C(F)(F)F)c1. The van der Waals surface area contributed by atoms with Crippen LogP contribution in [0.2, 0.25) is 5.02 Å². The number of aromatic nitrogens is 2. The smallest absolute Gasteiger partial charge is 0.435 e. The van der Waals surface area contributed by atoms with Gasteiger partial charge < -0.3 is 4.74 Å². The summed E-state index contributed by atoms with van der Waals surface area (Å²) in [5.41, 5.74) is -2.45. The number of rotatable bonds is 5. The van der Waals surface area contributed by atoms with E-state index in [2.05, 4.69) is 10.4 Å². The second-order valence-corrected chi connectivity index (χ2v) is 8.09. The molecule has 3 aromatic rings. The molecule has 1 aromatic heterocycles. The maximum atomic E-state index is 13.5. The maximum absolute atomic E-state index is 13.5. The molecule has 0 atom stereocenters. The fourth-order valence-electron chi connectivity index (χ4n) is 2.71. The minimum Gasteiger partial charge on any atom is -0.444 e. The number of carbonyl (C=O) groups is 1. The lowest BCUT2D eigenvalue weighted by atomic mass is 10.2. The lowest BCUT2D eigenvalue weighted by Crippen LogP contribution is -2.16. The monoisotopic (exact) mass is 509 g/mol. The fourth-order valence-corrected chi connectivity index (χ4v) is 3.84. The van der Waals surface area contributed by atoms with Crippen LogP contribution in [0.4, 0.5) is 36.8 Å². The Kier molecular flexibility index (Phi) is 7.17. The molecule has 0 unspecified atom stereocenters. The Morgan fingerprint density at radius 1 is 1.09 bits per heavy atom. The molecule has 0 spiro atoms. The molecule has 33 heavy (non-hydrogen) atoms. The van der Waals surface area contributed by atoms with Gasteiger partial charge in [-0.05, 0) is 42.5 Å². The van der Waals surface area contributed by atoms with E-state index in [1.54, 1.807) is 0 Å². The molecule has 0 fully saturated rings. The van der Waals surface area contributed by atoms with Crippen LogP contribution in [0.25, 0.3) is 0 Å². The Morgan fingerprint density at radius 2 is 1.76 bits per heavy atom. The zero-order valence-corrected chi connectivity index (χ0v) is 18.2. The van der Waals surface area contributed by atoms with Gasteiger partial charge in [-0.15, -0.1) is 0 Å². The van der Waals surface area contributed by atoms with Gasteiger partial charge >= 0.3 is 18.4 Å². The Bertz CT molecular complexity index is 1150. The lowest BCUT2D eigenvalue weighted by molar-refractivity contribution is -0.142. The largest absolute Gasteiger partial charge is 0.444 e. The molecule has 2 aromatic carbocycles. The molecule has 1 N–H and O–H groups in total. The number of nitrogens with one attached hydrogen (secondary N) is 1. The van der Waals surface area contributed by atoms with Gasteiger partial charge in [0.2, 0.25) is 0 Å². The van der Waals surface area contributed by atoms with Gasteiger partial charge in [0.15, 0.2) is 5.69 Å². The molecular weight excluding hydrogens is 496 g/mol. The number of hydrogen-bond acceptors (Lipinski definition) is 4. The van der Waals surface area contributed by atoms with E-state index in [0.29, 0.717) is 22.5 Å². The molecule has 13 heteroatoms. The van der Waals surface area contributed by atoms with E-state index in [9.17, 15) is 31.1 Å². The number of nitrogens with zero attached hydrogens (tertiary/aromatic N) is 2. The molecule has 0 aliphatic heterocycles. The molecule has 1 amide bonds. The molecule has 0 saturated carbocycles. The van der Waals surface area contributed by atoms with Crippen LogP contribution in [0.3, 0.4) is 0 Å². The van der Waals surface area contributed by atoms with Crippen molar-refractivity contribution in [3.8, 4) is 0 Å². The summed E-state index contributed by atoms with van der Waals surface area (Å²) >= 11 is 6.39. The molecule has 3 rings (SSSR count). The highest BCUT2D eigenvalue weighted by Crippen LogP contribution is 2.40. The van der Waals surface area contributed by atoms with Crippen molar-refractivity contribution in [3.05, 3.63) is 70.4 Å². The van der Waals surface area contributed by atoms with Crippen LogP contribution in [-0.2, 0) is 30.7 Å². The third-order valence-electron chi connectivity index (χ3n) is 4.17. The summed E-state index contributed by atoms with van der Waals surface area (Å²) in [6.07, 6.45) is -10.5. The highest BCUT2D eigenvalue weighted by molar-refractivity contribution is 7.99. The van der Waals surface area contributed by atoms with Gasteiger partial charge in [-0.3, -0.25) is 10.00 Å². The molecule has 0 saturated heterocycles. The van der Waals surface area contributed by atoms with Crippen molar-refractivity contribution >= 4 is 35.1 Å². The summed E-state index contributed by atoms with van der Waals surface area (Å²) in [5, 5.41) is 6.07. The van der Waals surface area contributed by atoms with E-state index < -0.39 is 41.9 Å². The first-order chi connectivity index (χ1) is 15.3. The number of alkyl halides is 6. The topological polar surface area (TPSA) is 56.2 Å². The Balaban J connectivity index is 1.85. The van der Waals surface area contributed by atoms with Crippen molar-refractivity contribution < 1.29 is 35.9 Å². The number of carbonyl (C=O) groups excluding carboxylic acids is 1. The van der Waals surface area contributed by atoms with E-state index in [0.717, 1.165) is 22.9 Å². The predicted octanol–water partition coefficient (Wildman–Crippen LogP) is 7.01. The first-order valence-corrected chi connectivity index (χ1v) is 10.2. The van der Waals surface area contributed by atoms with E-state index in [1.807, 2.05) is 0 Å². The average Bonchev–Trinajstić information content (AvgIpc) is 3.04. The summed E-state index contributed by atoms with van der Waals surface area (Å²) in [4.78, 5) is 12.1. The quantitative estimate of drug-likeness (QED) is 0.376. The number of benzene rings is 2. The summed E-state index contributed by atoms with van der Waals surface area (Å²) in [6, 6.07) is 10.0. The van der Waals surface area contributed by atoms with Gasteiger partial charge in [-0.25, -0.2) is 4.79 Å². The number of anilines is 1. The van der Waals surface area contributed by atoms with E-state index in [4.69, 9.17) is 16.3 Å². The number of ether oxygens (including phenoxy) is 1. The van der Waals surface area contributed by atoms with Crippen LogP contribution >= 0.6 is 23.4 Å². The molecule has 1 heterocycles. The number of amides is 1. The van der Waals surface area contributed by atoms with Gasteiger partial charge in [-0.1, -0.05) is 29.4 Å². The minimum absolute atomic E-state index is 0.0356. The van der Waals surface area contributed by atoms with Crippen molar-refractivity contribution in [3.63, 3.8) is 0 Å². The van der Waals surface area contributed by atoms with Gasteiger partial charge in [0.1, 0.15) is 11.6 Å². The summed E-state index contributed by atoms with van der Waals surface area (Å²) in [5.74, 6) is 0. The number of halogens is 7. The third-order valence-corrected chi connectivity index (χ3v) is 5.62. The standard InChI is InChI=1S/C20H14ClF6N3O2S/c1-30-17(33-14-4-2-3-11(9-14)19(22,23)24)15(16(29-30)20(25,26)27)10-32-18(31)28-13-7-5-12(21)6-8-13/h2-9H,10H2,1H3,(H,28,31). The maximum Gasteiger partial charge on any atom is 0.435 e. The first kappa shape index (κ1) is 24.8. The van der Waals surface area contributed by atoms with Gasteiger partial charge in [-0.2, -0.15) is 31.4 Å². The van der Waals surface area contributed by atoms with Gasteiger partial charge in [0.05, 0.1) is 11.1 Å². The molecular formula is C20H14ClF6N3O2S. The Hall–Kier alpha value is -2.86. The summed E-state index contributed by atoms with van der Waals surface area (Å²) in [7, 11) is 1.21. The minimum atomic E-state index is -4.88. The van der Waals surface area contributed by atoms with Crippen LogP contribution in [-0.4, -0.2) is 15.9 Å². The summed E-state index contributed by atoms with van der Waals surface area (Å²) < 4.78 is 85.3. The van der Waals surface area contributed by atoms with Crippen molar-refractivity contribution in [1.82, 2.24) is 9.78 Å². The van der Waals surface area contributed by atoms with E-state index >= 15 is 0 Å². The van der Waals surface area contributed by atoms with Crippen molar-refractivity contribution in [2.45, 2.75) is 28.9 Å². The van der Waals surface area contributed by atoms with Gasteiger partial charge in [0, 0.05) is 22.7 Å². The molecule has 0 radical (unpaired) electrons. The highest BCUT2D eigenvalue weighted by atomic mass is 35.5. The highest BCUT2D eigenvalue weighted by Gasteiger charge is 2.39. The molecule has 176 valence electrons. The zero-order chi connectivity index (χ0) is 24.4. The normalized spacial score (nSPS) is 12.0. The van der Waals surface area contributed by atoms with E-state index in [-0.39, 0.29) is 9.92 Å². The van der Waals surface area contributed by atoms with Crippen LogP contribution in [0.5, 0.6) is 0 Å². The first-order valence-electron chi connectivity index (χ1n) is 9.02. The van der Waals surface area contributed by atoms with Crippen LogP contribution in [0.1, 0.15) is 16.8 Å². The second-order valence-electron chi connectivity index (χ2n) is 6.59. The molecule has 0 aliphatic carbocycles.